The molecule has 2 heteroatoms. The zero-order valence-corrected chi connectivity index (χ0v) is 11.9. The summed E-state index contributed by atoms with van der Waals surface area (Å²) >= 11 is 0. The van der Waals surface area contributed by atoms with Gasteiger partial charge in [-0.1, -0.05) is 0 Å². The lowest BCUT2D eigenvalue weighted by molar-refractivity contribution is 0.0955. The topological polar surface area (TPSA) is 6.48 Å². The molecular weight excluding hydrogens is 196 g/mol. The van der Waals surface area contributed by atoms with Gasteiger partial charge in [0.15, 0.2) is 0 Å². The summed E-state index contributed by atoms with van der Waals surface area (Å²) in [6.07, 6.45) is 2.72. The van der Waals surface area contributed by atoms with E-state index in [1.54, 1.807) is 0 Å². The van der Waals surface area contributed by atoms with E-state index >= 15 is 0 Å². The second kappa shape index (κ2) is 3.71. The lowest BCUT2D eigenvalue weighted by Gasteiger charge is -2.38. The summed E-state index contributed by atoms with van der Waals surface area (Å²) in [7, 11) is 0. The van der Waals surface area contributed by atoms with Gasteiger partial charge in [0.05, 0.1) is 0 Å². The first kappa shape index (κ1) is 12.4. The first-order valence-electron chi connectivity index (χ1n) is 6.75. The molecule has 0 amide bonds. The molecule has 94 valence electrons. The van der Waals surface area contributed by atoms with E-state index < -0.39 is 0 Å². The molecule has 2 aliphatic heterocycles. The molecule has 0 aliphatic carbocycles. The Balaban J connectivity index is 2.13. The summed E-state index contributed by atoms with van der Waals surface area (Å²) in [5, 5.41) is 0. The third kappa shape index (κ3) is 2.02. The summed E-state index contributed by atoms with van der Waals surface area (Å²) in [6, 6.07) is 1.61. The molecule has 0 aromatic carbocycles. The molecule has 2 heterocycles. The van der Waals surface area contributed by atoms with E-state index in [1.165, 1.54) is 25.9 Å². The second-order valence-electron chi connectivity index (χ2n) is 7.44. The van der Waals surface area contributed by atoms with Gasteiger partial charge in [-0.05, 0) is 54.4 Å². The molecule has 2 atom stereocenters. The predicted octanol–water partition coefficient (Wildman–Crippen LogP) is 2.73. The quantitative estimate of drug-likeness (QED) is 0.624. The Bertz CT molecular complexity index is 231. The lowest BCUT2D eigenvalue weighted by Crippen LogP contribution is -2.49. The zero-order chi connectivity index (χ0) is 12.1. The van der Waals surface area contributed by atoms with Crippen molar-refractivity contribution in [2.75, 3.05) is 13.1 Å². The number of likely N-dealkylation sites (tertiary alicyclic amines) is 2. The number of rotatable bonds is 0. The maximum Gasteiger partial charge on any atom is 0.0269 e. The Morgan fingerprint density at radius 2 is 1.00 bits per heavy atom. The van der Waals surface area contributed by atoms with Crippen LogP contribution in [-0.2, 0) is 0 Å². The molecule has 0 radical (unpaired) electrons. The van der Waals surface area contributed by atoms with Crippen molar-refractivity contribution in [1.29, 1.82) is 0 Å². The lowest BCUT2D eigenvalue weighted by atomic mass is 10.0. The van der Waals surface area contributed by atoms with Crippen LogP contribution in [0.2, 0.25) is 0 Å². The van der Waals surface area contributed by atoms with Crippen LogP contribution in [0.15, 0.2) is 0 Å². The highest BCUT2D eigenvalue weighted by Crippen LogP contribution is 2.38. The van der Waals surface area contributed by atoms with Gasteiger partial charge in [-0.15, -0.1) is 0 Å². The fourth-order valence-electron chi connectivity index (χ4n) is 3.65. The summed E-state index contributed by atoms with van der Waals surface area (Å²) < 4.78 is 0. The monoisotopic (exact) mass is 224 g/mol. The maximum absolute atomic E-state index is 2.73. The Hall–Kier alpha value is -0.0800. The van der Waals surface area contributed by atoms with Gasteiger partial charge in [0, 0.05) is 36.3 Å². The molecule has 0 aromatic heterocycles. The fraction of sp³-hybridized carbons (Fsp3) is 1.00. The van der Waals surface area contributed by atoms with E-state index in [4.69, 9.17) is 0 Å². The average molecular weight is 224 g/mol. The summed E-state index contributed by atoms with van der Waals surface area (Å²) in [6.45, 7) is 16.7. The number of hydrogen-bond acceptors (Lipinski definition) is 2. The van der Waals surface area contributed by atoms with Crippen molar-refractivity contribution in [3.63, 3.8) is 0 Å². The maximum atomic E-state index is 2.73. The van der Waals surface area contributed by atoms with E-state index in [0.29, 0.717) is 11.1 Å². The van der Waals surface area contributed by atoms with E-state index in [-0.39, 0.29) is 0 Å². The SMILES string of the molecule is CC(C)(C)N1CC[C@H]2[C@@H]1CCN2C(C)(C)C. The highest BCUT2D eigenvalue weighted by atomic mass is 15.4. The molecule has 0 saturated carbocycles. The minimum atomic E-state index is 0.341. The molecule has 0 spiro atoms. The van der Waals surface area contributed by atoms with Gasteiger partial charge in [-0.25, -0.2) is 0 Å². The predicted molar refractivity (Wildman–Crippen MR) is 69.7 cm³/mol. The van der Waals surface area contributed by atoms with Crippen LogP contribution in [-0.4, -0.2) is 46.1 Å². The minimum Gasteiger partial charge on any atom is -0.294 e. The third-order valence-corrected chi connectivity index (χ3v) is 4.30. The number of hydrogen-bond donors (Lipinski definition) is 0. The molecule has 2 nitrogen and oxygen atoms in total. The highest BCUT2D eigenvalue weighted by molar-refractivity contribution is 5.04. The van der Waals surface area contributed by atoms with Crippen molar-refractivity contribution in [3.05, 3.63) is 0 Å². The molecule has 2 rings (SSSR count). The number of nitrogens with zero attached hydrogens (tertiary/aromatic N) is 2. The number of fused-ring (bicyclic) bond motifs is 1. The van der Waals surface area contributed by atoms with Crippen LogP contribution in [0.4, 0.5) is 0 Å². The molecule has 0 N–H and O–H groups in total. The van der Waals surface area contributed by atoms with Gasteiger partial charge < -0.3 is 0 Å². The first-order valence-corrected chi connectivity index (χ1v) is 6.75. The van der Waals surface area contributed by atoms with Crippen LogP contribution in [0.1, 0.15) is 54.4 Å². The van der Waals surface area contributed by atoms with Crippen molar-refractivity contribution in [2.24, 2.45) is 0 Å². The second-order valence-corrected chi connectivity index (χ2v) is 7.44. The zero-order valence-electron chi connectivity index (χ0n) is 11.9. The van der Waals surface area contributed by atoms with Crippen molar-refractivity contribution >= 4 is 0 Å². The van der Waals surface area contributed by atoms with Gasteiger partial charge in [0.25, 0.3) is 0 Å². The highest BCUT2D eigenvalue weighted by Gasteiger charge is 2.48. The molecular formula is C14H28N2. The van der Waals surface area contributed by atoms with Crippen LogP contribution in [0, 0.1) is 0 Å². The average Bonchev–Trinajstić information content (AvgIpc) is 2.54. The van der Waals surface area contributed by atoms with Crippen molar-refractivity contribution in [1.82, 2.24) is 9.80 Å². The Kier molecular flexibility index (Phi) is 2.87. The van der Waals surface area contributed by atoms with Crippen molar-refractivity contribution < 1.29 is 0 Å². The molecule has 2 fully saturated rings. The summed E-state index contributed by atoms with van der Waals surface area (Å²) in [5.74, 6) is 0. The van der Waals surface area contributed by atoms with Crippen LogP contribution < -0.4 is 0 Å². The summed E-state index contributed by atoms with van der Waals surface area (Å²) in [5.41, 5.74) is 0.681. The van der Waals surface area contributed by atoms with Crippen LogP contribution in [0.5, 0.6) is 0 Å². The minimum absolute atomic E-state index is 0.341. The first-order chi connectivity index (χ1) is 7.21. The van der Waals surface area contributed by atoms with E-state index in [0.717, 1.165) is 12.1 Å². The molecule has 0 unspecified atom stereocenters. The fourth-order valence-corrected chi connectivity index (χ4v) is 3.65. The van der Waals surface area contributed by atoms with Crippen molar-refractivity contribution in [3.8, 4) is 0 Å². The van der Waals surface area contributed by atoms with Crippen LogP contribution in [0.25, 0.3) is 0 Å². The largest absolute Gasteiger partial charge is 0.294 e. The van der Waals surface area contributed by atoms with E-state index in [9.17, 15) is 0 Å². The Morgan fingerprint density at radius 3 is 1.25 bits per heavy atom. The molecule has 2 aliphatic rings. The van der Waals surface area contributed by atoms with Gasteiger partial charge in [0.1, 0.15) is 0 Å². The van der Waals surface area contributed by atoms with Crippen molar-refractivity contribution in [2.45, 2.75) is 77.5 Å². The van der Waals surface area contributed by atoms with Gasteiger partial charge >= 0.3 is 0 Å². The van der Waals surface area contributed by atoms with E-state index in [1.807, 2.05) is 0 Å². The van der Waals surface area contributed by atoms with Gasteiger partial charge in [-0.3, -0.25) is 9.80 Å². The van der Waals surface area contributed by atoms with Crippen LogP contribution >= 0.6 is 0 Å². The Morgan fingerprint density at radius 1 is 0.688 bits per heavy atom. The summed E-state index contributed by atoms with van der Waals surface area (Å²) in [4.78, 5) is 5.45. The normalized spacial score (nSPS) is 33.4. The Labute approximate surface area is 101 Å². The third-order valence-electron chi connectivity index (χ3n) is 4.30. The van der Waals surface area contributed by atoms with Crippen LogP contribution in [0.3, 0.4) is 0 Å². The standard InChI is InChI=1S/C14H28N2/c1-13(2,3)15-9-7-12-11(15)8-10-16(12)14(4,5)6/h11-12H,7-10H2,1-6H3/t11-,12-/m0/s1. The smallest absolute Gasteiger partial charge is 0.0269 e. The van der Waals surface area contributed by atoms with Gasteiger partial charge in [-0.2, -0.15) is 0 Å². The molecule has 16 heavy (non-hydrogen) atoms. The van der Waals surface area contributed by atoms with Gasteiger partial charge in [0.2, 0.25) is 0 Å². The molecule has 0 bridgehead atoms. The van der Waals surface area contributed by atoms with E-state index in [2.05, 4.69) is 51.3 Å². The molecule has 0 aromatic rings. The molecule has 2 saturated heterocycles.